The minimum Gasteiger partial charge on any atom is -0.369 e. The second-order valence-electron chi connectivity index (χ2n) is 4.57. The highest BCUT2D eigenvalue weighted by atomic mass is 15.3. The predicted molar refractivity (Wildman–Crippen MR) is 88.9 cm³/mol. The number of guanidine groups is 1. The highest BCUT2D eigenvalue weighted by Gasteiger charge is 2.02. The van der Waals surface area contributed by atoms with Crippen LogP contribution in [0.3, 0.4) is 0 Å². The number of nitrogens with zero attached hydrogens (tertiary/aromatic N) is 2. The number of benzene rings is 2. The fourth-order valence-electron chi connectivity index (χ4n) is 1.88. The first-order chi connectivity index (χ1) is 10.2. The van der Waals surface area contributed by atoms with E-state index in [-0.39, 0.29) is 5.96 Å². The van der Waals surface area contributed by atoms with E-state index >= 15 is 0 Å². The average molecular weight is 278 g/mol. The summed E-state index contributed by atoms with van der Waals surface area (Å²) in [6, 6.07) is 19.9. The first-order valence-corrected chi connectivity index (χ1v) is 6.62. The van der Waals surface area contributed by atoms with Crippen LogP contribution in [0.5, 0.6) is 0 Å². The summed E-state index contributed by atoms with van der Waals surface area (Å²) < 4.78 is 0. The number of rotatable bonds is 4. The summed E-state index contributed by atoms with van der Waals surface area (Å²) in [6.07, 6.45) is 1.97. The molecular weight excluding hydrogens is 260 g/mol. The van der Waals surface area contributed by atoms with Crippen molar-refractivity contribution in [3.8, 4) is 0 Å². The van der Waals surface area contributed by atoms with Gasteiger partial charge >= 0.3 is 0 Å². The van der Waals surface area contributed by atoms with Crippen LogP contribution in [-0.2, 0) is 0 Å². The Morgan fingerprint density at radius 2 is 1.33 bits per heavy atom. The summed E-state index contributed by atoms with van der Waals surface area (Å²) in [5, 5.41) is 7.90. The zero-order valence-electron chi connectivity index (χ0n) is 11.9. The SMILES string of the molecule is C/C(=C\C(=N/N=C(N)N)c1ccccc1)c1ccccc1. The molecule has 2 rings (SSSR count). The summed E-state index contributed by atoms with van der Waals surface area (Å²) in [7, 11) is 0. The van der Waals surface area contributed by atoms with Crippen molar-refractivity contribution in [2.75, 3.05) is 0 Å². The molecule has 0 radical (unpaired) electrons. The van der Waals surface area contributed by atoms with Crippen molar-refractivity contribution in [1.29, 1.82) is 0 Å². The molecule has 0 spiro atoms. The maximum Gasteiger partial charge on any atom is 0.211 e. The van der Waals surface area contributed by atoms with Crippen molar-refractivity contribution in [3.63, 3.8) is 0 Å². The van der Waals surface area contributed by atoms with Gasteiger partial charge in [0.05, 0.1) is 5.71 Å². The van der Waals surface area contributed by atoms with Crippen LogP contribution >= 0.6 is 0 Å². The van der Waals surface area contributed by atoms with E-state index in [2.05, 4.69) is 22.3 Å². The van der Waals surface area contributed by atoms with Gasteiger partial charge in [-0.05, 0) is 24.1 Å². The molecule has 0 aliphatic rings. The van der Waals surface area contributed by atoms with Crippen LogP contribution in [0, 0.1) is 0 Å². The molecular formula is C17H18N4. The smallest absolute Gasteiger partial charge is 0.211 e. The average Bonchev–Trinajstić information content (AvgIpc) is 2.52. The van der Waals surface area contributed by atoms with Gasteiger partial charge in [-0.25, -0.2) is 0 Å². The van der Waals surface area contributed by atoms with Gasteiger partial charge in [-0.3, -0.25) is 0 Å². The molecule has 0 aliphatic carbocycles. The molecule has 0 unspecified atom stereocenters. The lowest BCUT2D eigenvalue weighted by Crippen LogP contribution is -2.22. The fourth-order valence-corrected chi connectivity index (χ4v) is 1.88. The van der Waals surface area contributed by atoms with Crippen LogP contribution in [-0.4, -0.2) is 11.7 Å². The number of hydrogen-bond acceptors (Lipinski definition) is 2. The van der Waals surface area contributed by atoms with Gasteiger partial charge in [0.25, 0.3) is 0 Å². The Bertz CT molecular complexity index is 666. The molecule has 2 aromatic carbocycles. The van der Waals surface area contributed by atoms with E-state index < -0.39 is 0 Å². The van der Waals surface area contributed by atoms with E-state index in [1.165, 1.54) is 0 Å². The molecule has 0 heterocycles. The normalized spacial score (nSPS) is 12.0. The molecule has 4 heteroatoms. The molecule has 4 nitrogen and oxygen atoms in total. The van der Waals surface area contributed by atoms with Crippen molar-refractivity contribution in [3.05, 3.63) is 77.9 Å². The number of allylic oxidation sites excluding steroid dienone is 2. The van der Waals surface area contributed by atoms with Crippen LogP contribution in [0.15, 0.2) is 76.9 Å². The van der Waals surface area contributed by atoms with E-state index in [1.807, 2.05) is 61.5 Å². The highest BCUT2D eigenvalue weighted by Crippen LogP contribution is 2.15. The van der Waals surface area contributed by atoms with Crippen molar-refractivity contribution in [1.82, 2.24) is 0 Å². The number of nitrogens with two attached hydrogens (primary N) is 2. The molecule has 2 aromatic rings. The van der Waals surface area contributed by atoms with Gasteiger partial charge in [-0.2, -0.15) is 0 Å². The molecule has 0 bridgehead atoms. The molecule has 0 amide bonds. The first kappa shape index (κ1) is 14.5. The minimum atomic E-state index is -0.0609. The lowest BCUT2D eigenvalue weighted by Gasteiger charge is -2.04. The second kappa shape index (κ2) is 7.05. The zero-order chi connectivity index (χ0) is 15.1. The van der Waals surface area contributed by atoms with Crippen molar-refractivity contribution in [2.45, 2.75) is 6.92 Å². The summed E-state index contributed by atoms with van der Waals surface area (Å²) in [5.74, 6) is -0.0609. The second-order valence-corrected chi connectivity index (χ2v) is 4.57. The molecule has 21 heavy (non-hydrogen) atoms. The Hall–Kier alpha value is -2.88. The minimum absolute atomic E-state index is 0.0609. The Labute approximate surface area is 124 Å². The van der Waals surface area contributed by atoms with Gasteiger partial charge in [0.1, 0.15) is 0 Å². The highest BCUT2D eigenvalue weighted by molar-refractivity contribution is 6.12. The standard InChI is InChI=1S/C17H18N4/c1-13(14-8-4-2-5-9-14)12-16(20-21-17(18)19)15-10-6-3-7-11-15/h2-12H,1H3,(H4,18,19,21)/b13-12+,20-16+. The van der Waals surface area contributed by atoms with E-state index in [9.17, 15) is 0 Å². The van der Waals surface area contributed by atoms with Gasteiger partial charge in [-0.1, -0.05) is 60.7 Å². The largest absolute Gasteiger partial charge is 0.369 e. The monoisotopic (exact) mass is 278 g/mol. The molecule has 106 valence electrons. The third-order valence-electron chi connectivity index (χ3n) is 2.93. The Balaban J connectivity index is 2.42. The molecule has 4 N–H and O–H groups in total. The van der Waals surface area contributed by atoms with Gasteiger partial charge in [-0.15, -0.1) is 10.2 Å². The van der Waals surface area contributed by atoms with Crippen LogP contribution in [0.25, 0.3) is 5.57 Å². The Kier molecular flexibility index (Phi) is 4.88. The predicted octanol–water partition coefficient (Wildman–Crippen LogP) is 2.77. The first-order valence-electron chi connectivity index (χ1n) is 6.62. The van der Waals surface area contributed by atoms with Crippen LogP contribution in [0.2, 0.25) is 0 Å². The topological polar surface area (TPSA) is 76.8 Å². The maximum absolute atomic E-state index is 5.36. The Morgan fingerprint density at radius 3 is 1.86 bits per heavy atom. The van der Waals surface area contributed by atoms with E-state index in [4.69, 9.17) is 11.5 Å². The lowest BCUT2D eigenvalue weighted by molar-refractivity contribution is 1.20. The summed E-state index contributed by atoms with van der Waals surface area (Å²) in [4.78, 5) is 0. The van der Waals surface area contributed by atoms with E-state index in [0.29, 0.717) is 5.71 Å². The van der Waals surface area contributed by atoms with Crippen LogP contribution < -0.4 is 11.5 Å². The molecule has 0 aromatic heterocycles. The van der Waals surface area contributed by atoms with Gasteiger partial charge in [0, 0.05) is 5.56 Å². The summed E-state index contributed by atoms with van der Waals surface area (Å²) >= 11 is 0. The van der Waals surface area contributed by atoms with Crippen LogP contribution in [0.4, 0.5) is 0 Å². The van der Waals surface area contributed by atoms with Crippen molar-refractivity contribution >= 4 is 17.2 Å². The van der Waals surface area contributed by atoms with E-state index in [1.54, 1.807) is 0 Å². The van der Waals surface area contributed by atoms with Crippen molar-refractivity contribution < 1.29 is 0 Å². The molecule has 0 atom stereocenters. The van der Waals surface area contributed by atoms with Gasteiger partial charge < -0.3 is 11.5 Å². The van der Waals surface area contributed by atoms with E-state index in [0.717, 1.165) is 16.7 Å². The van der Waals surface area contributed by atoms with Gasteiger partial charge in [0.2, 0.25) is 5.96 Å². The van der Waals surface area contributed by atoms with Crippen molar-refractivity contribution in [2.24, 2.45) is 21.7 Å². The third kappa shape index (κ3) is 4.31. The maximum atomic E-state index is 5.36. The quantitative estimate of drug-likeness (QED) is 0.512. The van der Waals surface area contributed by atoms with Crippen LogP contribution in [0.1, 0.15) is 18.1 Å². The zero-order valence-corrected chi connectivity index (χ0v) is 11.9. The Morgan fingerprint density at radius 1 is 0.810 bits per heavy atom. The molecule has 0 saturated carbocycles. The number of hydrogen-bond donors (Lipinski definition) is 2. The molecule has 0 saturated heterocycles. The molecule has 0 aliphatic heterocycles. The third-order valence-corrected chi connectivity index (χ3v) is 2.93. The molecule has 0 fully saturated rings. The fraction of sp³-hybridized carbons (Fsp3) is 0.0588. The van der Waals surface area contributed by atoms with Gasteiger partial charge in [0.15, 0.2) is 0 Å². The lowest BCUT2D eigenvalue weighted by atomic mass is 10.0. The summed E-state index contributed by atoms with van der Waals surface area (Å²) in [6.45, 7) is 2.03. The summed E-state index contributed by atoms with van der Waals surface area (Å²) in [5.41, 5.74) is 14.6.